The number of rotatable bonds is 10. The van der Waals surface area contributed by atoms with Gasteiger partial charge in [0.1, 0.15) is 0 Å². The predicted octanol–water partition coefficient (Wildman–Crippen LogP) is 6.30. The van der Waals surface area contributed by atoms with Crippen LogP contribution in [0.3, 0.4) is 0 Å². The molecule has 5 aromatic rings. The van der Waals surface area contributed by atoms with Crippen LogP contribution in [0.2, 0.25) is 20.0 Å². The molecule has 0 aromatic carbocycles. The quantitative estimate of drug-likeness (QED) is 0.0891. The minimum atomic E-state index is -2.12. The van der Waals surface area contributed by atoms with Crippen LogP contribution in [0.15, 0.2) is 84.1 Å². The number of carbonyl (C=O) groups excluding carboxylic acids is 3. The molecular formula is C43H57BrClN9O8Sn. The molecule has 0 spiro atoms. The molecule has 0 radical (unpaired) electrons. The van der Waals surface area contributed by atoms with E-state index in [4.69, 9.17) is 30.9 Å². The zero-order chi connectivity index (χ0) is 44.5. The number of aliphatic hydroxyl groups is 2. The van der Waals surface area contributed by atoms with E-state index in [1.54, 1.807) is 63.6 Å². The van der Waals surface area contributed by atoms with Gasteiger partial charge in [-0.25, -0.2) is 9.59 Å². The van der Waals surface area contributed by atoms with Crippen LogP contribution in [0.25, 0.3) is 11.3 Å². The number of carbonyl (C=O) groups is 3. The van der Waals surface area contributed by atoms with E-state index in [0.717, 1.165) is 16.1 Å². The van der Waals surface area contributed by atoms with E-state index in [1.807, 2.05) is 34.2 Å². The summed E-state index contributed by atoms with van der Waals surface area (Å²) in [4.78, 5) is 57.1. The second-order valence-corrected chi connectivity index (χ2v) is 30.1. The van der Waals surface area contributed by atoms with Crippen molar-refractivity contribution in [1.82, 2.24) is 35.3 Å². The molecule has 0 atom stereocenters. The number of aliphatic hydroxyl groups excluding tert-OH is 2. The summed E-state index contributed by atoms with van der Waals surface area (Å²) in [5.41, 5.74) is 2.75. The largest absolute Gasteiger partial charge is 0.462 e. The SMILES string of the molecule is C.C.CCOC(=O)c1cnc[c]([Sn]([CH3])([CH3])[CH3])c1.CCOC(=O)c1cncc(-c2ccc(N3CC(O)C3)nn2)c1.CCOC(=O)c1cncc(Br)c1.OC1CN(c2ccc(Cl)nn2)C1. The number of halogens is 2. The summed E-state index contributed by atoms with van der Waals surface area (Å²) < 4.78 is 16.7. The molecular weight excluding hydrogens is 1000 g/mol. The van der Waals surface area contributed by atoms with Gasteiger partial charge in [0.05, 0.1) is 42.2 Å². The second-order valence-electron chi connectivity index (χ2n) is 14.3. The average molecular weight is 1060 g/mol. The fourth-order valence-corrected chi connectivity index (χ4v) is 8.69. The Morgan fingerprint density at radius 2 is 1.10 bits per heavy atom. The summed E-state index contributed by atoms with van der Waals surface area (Å²) in [5.74, 6) is 0.470. The zero-order valence-electron chi connectivity index (χ0n) is 34.7. The van der Waals surface area contributed by atoms with Gasteiger partial charge in [-0.15, -0.1) is 20.4 Å². The molecule has 340 valence electrons. The minimum absolute atomic E-state index is 0. The van der Waals surface area contributed by atoms with Crippen molar-refractivity contribution >= 4 is 79.0 Å². The van der Waals surface area contributed by atoms with Crippen LogP contribution in [-0.2, 0) is 14.2 Å². The fraction of sp³-hybridized carbons (Fsp3) is 0.395. The average Bonchev–Trinajstić information content (AvgIpc) is 3.23. The maximum absolute atomic E-state index is 11.7. The first kappa shape index (κ1) is 54.2. The summed E-state index contributed by atoms with van der Waals surface area (Å²) in [5, 5.41) is 34.6. The van der Waals surface area contributed by atoms with Crippen molar-refractivity contribution in [3.05, 3.63) is 106 Å². The molecule has 7 heterocycles. The van der Waals surface area contributed by atoms with Crippen LogP contribution < -0.4 is 13.4 Å². The van der Waals surface area contributed by atoms with Gasteiger partial charge in [-0.05, 0) is 66.2 Å². The minimum Gasteiger partial charge on any atom is -0.462 e. The van der Waals surface area contributed by atoms with Gasteiger partial charge in [0.25, 0.3) is 0 Å². The molecule has 17 nitrogen and oxygen atoms in total. The van der Waals surface area contributed by atoms with Gasteiger partial charge in [0, 0.05) is 61.0 Å². The Hall–Kier alpha value is -4.89. The maximum Gasteiger partial charge on any atom is 0.339 e. The van der Waals surface area contributed by atoms with Crippen molar-refractivity contribution in [2.45, 2.75) is 62.7 Å². The van der Waals surface area contributed by atoms with Crippen molar-refractivity contribution in [1.29, 1.82) is 0 Å². The first-order valence-corrected chi connectivity index (χ1v) is 30.5. The molecule has 2 N–H and O–H groups in total. The summed E-state index contributed by atoms with van der Waals surface area (Å²) >= 11 is 6.66. The van der Waals surface area contributed by atoms with E-state index in [1.165, 1.54) is 16.0 Å². The number of anilines is 2. The number of pyridine rings is 3. The Balaban J connectivity index is 0.000000296. The van der Waals surface area contributed by atoms with Gasteiger partial charge in [-0.2, -0.15) is 0 Å². The predicted molar refractivity (Wildman–Crippen MR) is 249 cm³/mol. The monoisotopic (exact) mass is 1060 g/mol. The fourth-order valence-electron chi connectivity index (χ4n) is 5.23. The van der Waals surface area contributed by atoms with Crippen molar-refractivity contribution in [2.24, 2.45) is 0 Å². The summed E-state index contributed by atoms with van der Waals surface area (Å²) in [6.07, 6.45) is 9.11. The van der Waals surface area contributed by atoms with Crippen LogP contribution in [0, 0.1) is 0 Å². The molecule has 0 unspecified atom stereocenters. The van der Waals surface area contributed by atoms with Crippen LogP contribution in [-0.4, -0.2) is 140 Å². The maximum atomic E-state index is 11.7. The normalized spacial score (nSPS) is 12.9. The Bertz CT molecular complexity index is 2190. The van der Waals surface area contributed by atoms with E-state index >= 15 is 0 Å². The molecule has 7 rings (SSSR count). The van der Waals surface area contributed by atoms with Gasteiger partial charge < -0.3 is 29.5 Å². The summed E-state index contributed by atoms with van der Waals surface area (Å²) in [7, 11) is 0. The topological polar surface area (TPSA) is 216 Å². The third-order valence-corrected chi connectivity index (χ3v) is 14.9. The van der Waals surface area contributed by atoms with Gasteiger partial charge in [0.2, 0.25) is 0 Å². The molecule has 0 saturated carbocycles. The number of hydrogen-bond acceptors (Lipinski definition) is 17. The van der Waals surface area contributed by atoms with Crippen LogP contribution in [0.5, 0.6) is 0 Å². The second kappa shape index (κ2) is 26.7. The van der Waals surface area contributed by atoms with Crippen molar-refractivity contribution in [3.8, 4) is 11.3 Å². The van der Waals surface area contributed by atoms with Gasteiger partial charge in [-0.1, -0.05) is 26.5 Å². The van der Waals surface area contributed by atoms with E-state index < -0.39 is 24.3 Å². The molecule has 0 amide bonds. The van der Waals surface area contributed by atoms with Gasteiger partial charge in [-0.3, -0.25) is 9.97 Å². The third kappa shape index (κ3) is 17.3. The summed E-state index contributed by atoms with van der Waals surface area (Å²) in [6.45, 7) is 8.86. The zero-order valence-corrected chi connectivity index (χ0v) is 39.9. The van der Waals surface area contributed by atoms with Gasteiger partial charge >= 0.3 is 107 Å². The van der Waals surface area contributed by atoms with Crippen molar-refractivity contribution in [3.63, 3.8) is 0 Å². The Morgan fingerprint density at radius 1 is 0.651 bits per heavy atom. The molecule has 20 heteroatoms. The first-order valence-electron chi connectivity index (χ1n) is 19.3. The number of β-amino-alcohol motifs (C(OH)–C–C–N with tert-alkyl or cyclic N) is 2. The molecule has 0 bridgehead atoms. The Kier molecular flexibility index (Phi) is 23.0. The number of hydrogen-bond donors (Lipinski definition) is 2. The van der Waals surface area contributed by atoms with Crippen molar-refractivity contribution in [2.75, 3.05) is 55.8 Å². The summed E-state index contributed by atoms with van der Waals surface area (Å²) in [6, 6.07) is 12.4. The standard InChI is InChI=1S/C15H16N4O3.C8H8BrNO2.C8H8NO2.C7H8ClN3O.2CH4.3CH3.Sn/c1-2-22-15(21)11-5-10(6-16-7-11)13-3-4-14(18-17-13)19-8-12(20)9-19;1-2-12-8(11)6-3-7(9)5-10-4-6;1-2-11-8(10)7-4-3-5-9-6-7;8-6-1-2-7(10-9-6)11-3-5(12)4-11;;;;;;/h3-7,12,20H,2,8-9H2,1H3;3-5H,2H2,1H3;4-6H,2H2,1H3;1-2,5,12H,3-4H2;2*1H4;3*1H3;. The molecule has 2 fully saturated rings. The van der Waals surface area contributed by atoms with Crippen molar-refractivity contribution < 1.29 is 38.8 Å². The van der Waals surface area contributed by atoms with E-state index in [9.17, 15) is 19.5 Å². The van der Waals surface area contributed by atoms with Crippen LogP contribution in [0.4, 0.5) is 11.6 Å². The number of aromatic nitrogens is 7. The van der Waals surface area contributed by atoms with Gasteiger partial charge in [0.15, 0.2) is 16.8 Å². The van der Waals surface area contributed by atoms with E-state index in [-0.39, 0.29) is 39.0 Å². The molecule has 2 aliphatic rings. The van der Waals surface area contributed by atoms with Crippen LogP contribution in [0.1, 0.15) is 66.7 Å². The Labute approximate surface area is 386 Å². The Morgan fingerprint density at radius 3 is 1.51 bits per heavy atom. The number of ether oxygens (including phenoxy) is 3. The third-order valence-electron chi connectivity index (χ3n) is 8.52. The molecule has 0 aliphatic carbocycles. The molecule has 5 aromatic heterocycles. The number of esters is 3. The van der Waals surface area contributed by atoms with Crippen LogP contribution >= 0.6 is 27.5 Å². The first-order chi connectivity index (χ1) is 29.1. The molecule has 2 saturated heterocycles. The smallest absolute Gasteiger partial charge is 0.339 e. The molecule has 2 aliphatic heterocycles. The number of nitrogens with zero attached hydrogens (tertiary/aromatic N) is 9. The van der Waals surface area contributed by atoms with E-state index in [2.05, 4.69) is 66.1 Å². The van der Waals surface area contributed by atoms with E-state index in [0.29, 0.717) is 79.1 Å². The molecule has 63 heavy (non-hydrogen) atoms.